The lowest BCUT2D eigenvalue weighted by Crippen LogP contribution is -2.06. The molecule has 0 spiro atoms. The summed E-state index contributed by atoms with van der Waals surface area (Å²) in [6, 6.07) is 8.29. The quantitative estimate of drug-likeness (QED) is 0.911. The number of carboxylic acids is 1. The van der Waals surface area contributed by atoms with Crippen molar-refractivity contribution in [2.75, 3.05) is 5.73 Å². The molecule has 0 bridgehead atoms. The second kappa shape index (κ2) is 5.47. The molecule has 3 N–H and O–H groups in total. The molecular formula is C13H10Cl2N2O2. The van der Waals surface area contributed by atoms with Crippen molar-refractivity contribution in [1.29, 1.82) is 0 Å². The van der Waals surface area contributed by atoms with Crippen LogP contribution in [0.4, 0.5) is 5.69 Å². The van der Waals surface area contributed by atoms with Crippen molar-refractivity contribution < 1.29 is 9.90 Å². The van der Waals surface area contributed by atoms with Gasteiger partial charge < -0.3 is 10.8 Å². The van der Waals surface area contributed by atoms with E-state index in [2.05, 4.69) is 4.98 Å². The molecule has 98 valence electrons. The number of aromatic nitrogens is 1. The molecule has 2 aromatic rings. The van der Waals surface area contributed by atoms with Crippen LogP contribution in [0.15, 0.2) is 30.3 Å². The Morgan fingerprint density at radius 3 is 2.68 bits per heavy atom. The predicted octanol–water partition coefficient (Wildman–Crippen LogP) is 3.26. The fourth-order valence-corrected chi connectivity index (χ4v) is 2.03. The summed E-state index contributed by atoms with van der Waals surface area (Å²) in [6.07, 6.45) is -0.238. The fourth-order valence-electron chi connectivity index (χ4n) is 1.64. The van der Waals surface area contributed by atoms with E-state index in [0.717, 1.165) is 0 Å². The number of benzene rings is 1. The van der Waals surface area contributed by atoms with Gasteiger partial charge in [0.2, 0.25) is 0 Å². The number of carbonyl (C=O) groups is 1. The van der Waals surface area contributed by atoms with E-state index in [1.54, 1.807) is 30.3 Å². The molecule has 0 unspecified atom stereocenters. The second-order valence-corrected chi connectivity index (χ2v) is 4.77. The van der Waals surface area contributed by atoms with E-state index in [1.807, 2.05) is 0 Å². The average molecular weight is 297 g/mol. The van der Waals surface area contributed by atoms with Gasteiger partial charge in [-0.2, -0.15) is 0 Å². The Kier molecular flexibility index (Phi) is 3.93. The van der Waals surface area contributed by atoms with E-state index in [1.165, 1.54) is 0 Å². The van der Waals surface area contributed by atoms with Crippen molar-refractivity contribution >= 4 is 34.9 Å². The van der Waals surface area contributed by atoms with Crippen LogP contribution in [0, 0.1) is 0 Å². The first-order valence-electron chi connectivity index (χ1n) is 5.40. The summed E-state index contributed by atoms with van der Waals surface area (Å²) in [7, 11) is 0. The number of hydrogen-bond donors (Lipinski definition) is 2. The first-order valence-corrected chi connectivity index (χ1v) is 6.15. The van der Waals surface area contributed by atoms with Crippen LogP contribution in [0.25, 0.3) is 11.3 Å². The Labute approximate surface area is 119 Å². The number of rotatable bonds is 3. The molecule has 0 radical (unpaired) electrons. The van der Waals surface area contributed by atoms with Crippen LogP contribution < -0.4 is 5.73 Å². The zero-order valence-electron chi connectivity index (χ0n) is 9.73. The maximum atomic E-state index is 10.7. The van der Waals surface area contributed by atoms with Crippen LogP contribution in [-0.2, 0) is 11.2 Å². The van der Waals surface area contributed by atoms with Crippen molar-refractivity contribution in [3.8, 4) is 11.3 Å². The number of pyridine rings is 1. The van der Waals surface area contributed by atoms with E-state index >= 15 is 0 Å². The molecule has 0 amide bonds. The fraction of sp³-hybridized carbons (Fsp3) is 0.0769. The zero-order chi connectivity index (χ0) is 14.0. The first kappa shape index (κ1) is 13.6. The largest absolute Gasteiger partial charge is 0.481 e. The van der Waals surface area contributed by atoms with Crippen LogP contribution in [0.3, 0.4) is 0 Å². The molecule has 4 nitrogen and oxygen atoms in total. The molecule has 0 atom stereocenters. The maximum absolute atomic E-state index is 10.7. The number of anilines is 1. The molecule has 1 aromatic heterocycles. The topological polar surface area (TPSA) is 76.2 Å². The highest BCUT2D eigenvalue weighted by Crippen LogP contribution is 2.30. The normalized spacial score (nSPS) is 10.4. The summed E-state index contributed by atoms with van der Waals surface area (Å²) < 4.78 is 0. The van der Waals surface area contributed by atoms with Gasteiger partial charge in [0.1, 0.15) is 0 Å². The van der Waals surface area contributed by atoms with E-state index in [4.69, 9.17) is 34.0 Å². The van der Waals surface area contributed by atoms with Gasteiger partial charge in [0.05, 0.1) is 28.5 Å². The van der Waals surface area contributed by atoms with E-state index in [0.29, 0.717) is 32.7 Å². The van der Waals surface area contributed by atoms with Gasteiger partial charge in [-0.25, -0.2) is 0 Å². The molecule has 0 aliphatic carbocycles. The molecule has 1 aromatic carbocycles. The lowest BCUT2D eigenvalue weighted by atomic mass is 10.1. The highest BCUT2D eigenvalue weighted by molar-refractivity contribution is 6.35. The molecule has 0 aliphatic heterocycles. The Balaban J connectivity index is 2.51. The Morgan fingerprint density at radius 1 is 1.26 bits per heavy atom. The Hall–Kier alpha value is -1.78. The summed E-state index contributed by atoms with van der Waals surface area (Å²) in [5, 5.41) is 9.82. The third kappa shape index (κ3) is 3.16. The molecular weight excluding hydrogens is 287 g/mol. The Morgan fingerprint density at radius 2 is 2.00 bits per heavy atom. The van der Waals surface area contributed by atoms with Gasteiger partial charge in [0.25, 0.3) is 0 Å². The number of halogens is 2. The zero-order valence-corrected chi connectivity index (χ0v) is 11.2. The van der Waals surface area contributed by atoms with Crippen molar-refractivity contribution in [2.45, 2.75) is 6.42 Å². The summed E-state index contributed by atoms with van der Waals surface area (Å²) >= 11 is 12.0. The predicted molar refractivity (Wildman–Crippen MR) is 75.4 cm³/mol. The van der Waals surface area contributed by atoms with Crippen LogP contribution >= 0.6 is 23.2 Å². The molecule has 1 heterocycles. The lowest BCUT2D eigenvalue weighted by Gasteiger charge is -2.08. The lowest BCUT2D eigenvalue weighted by molar-refractivity contribution is -0.136. The van der Waals surface area contributed by atoms with Crippen LogP contribution in [-0.4, -0.2) is 16.1 Å². The third-order valence-corrected chi connectivity index (χ3v) is 3.10. The third-order valence-electron chi connectivity index (χ3n) is 2.53. The minimum absolute atomic E-state index is 0.238. The number of nitrogens with zero attached hydrogens (tertiary/aromatic N) is 1. The van der Waals surface area contributed by atoms with Crippen molar-refractivity contribution in [1.82, 2.24) is 4.98 Å². The second-order valence-electron chi connectivity index (χ2n) is 3.93. The molecule has 0 fully saturated rings. The highest BCUT2D eigenvalue weighted by atomic mass is 35.5. The minimum Gasteiger partial charge on any atom is -0.481 e. The average Bonchev–Trinajstić information content (AvgIpc) is 2.34. The molecule has 0 aliphatic rings. The van der Waals surface area contributed by atoms with E-state index in [-0.39, 0.29) is 6.42 Å². The minimum atomic E-state index is -0.992. The van der Waals surface area contributed by atoms with Crippen molar-refractivity contribution in [2.24, 2.45) is 0 Å². The molecule has 0 saturated carbocycles. The van der Waals surface area contributed by atoms with Crippen LogP contribution in [0.1, 0.15) is 5.69 Å². The highest BCUT2D eigenvalue weighted by Gasteiger charge is 2.11. The summed E-state index contributed by atoms with van der Waals surface area (Å²) in [5.74, 6) is -0.992. The summed E-state index contributed by atoms with van der Waals surface area (Å²) in [5.41, 5.74) is 7.52. The number of hydrogen-bond acceptors (Lipinski definition) is 3. The van der Waals surface area contributed by atoms with Crippen molar-refractivity contribution in [3.05, 3.63) is 46.1 Å². The number of carboxylic acid groups (broad SMARTS) is 1. The van der Waals surface area contributed by atoms with Crippen LogP contribution in [0.2, 0.25) is 10.0 Å². The van der Waals surface area contributed by atoms with Crippen LogP contribution in [0.5, 0.6) is 0 Å². The van der Waals surface area contributed by atoms with Gasteiger partial charge in [-0.05, 0) is 30.3 Å². The molecule has 6 heteroatoms. The van der Waals surface area contributed by atoms with Gasteiger partial charge in [-0.15, -0.1) is 0 Å². The van der Waals surface area contributed by atoms with Gasteiger partial charge in [-0.1, -0.05) is 23.2 Å². The number of aliphatic carboxylic acids is 1. The molecule has 0 saturated heterocycles. The van der Waals surface area contributed by atoms with Gasteiger partial charge in [0.15, 0.2) is 0 Å². The van der Waals surface area contributed by atoms with E-state index < -0.39 is 5.97 Å². The van der Waals surface area contributed by atoms with Gasteiger partial charge in [0, 0.05) is 10.6 Å². The van der Waals surface area contributed by atoms with Gasteiger partial charge >= 0.3 is 5.97 Å². The monoisotopic (exact) mass is 296 g/mol. The van der Waals surface area contributed by atoms with Crippen molar-refractivity contribution in [3.63, 3.8) is 0 Å². The number of nitrogen functional groups attached to an aromatic ring is 1. The number of nitrogens with two attached hydrogens (primary N) is 1. The summed E-state index contributed by atoms with van der Waals surface area (Å²) in [4.78, 5) is 15.0. The standard InChI is InChI=1S/C13H10Cl2N2O2/c14-7-1-2-9(15)8(5-7)11-4-3-10(16)12(17-11)6-13(18)19/h1-5H,6,16H2,(H,18,19). The molecule has 2 rings (SSSR count). The first-order chi connectivity index (χ1) is 8.97. The maximum Gasteiger partial charge on any atom is 0.309 e. The summed E-state index contributed by atoms with van der Waals surface area (Å²) in [6.45, 7) is 0. The SMILES string of the molecule is Nc1ccc(-c2cc(Cl)ccc2Cl)nc1CC(=O)O. The van der Waals surface area contributed by atoms with Gasteiger partial charge in [-0.3, -0.25) is 9.78 Å². The van der Waals surface area contributed by atoms with E-state index in [9.17, 15) is 4.79 Å². The smallest absolute Gasteiger partial charge is 0.309 e. The Bertz CT molecular complexity index is 645. The molecule has 19 heavy (non-hydrogen) atoms.